The number of nitrogens with zero attached hydrogens (tertiary/aromatic N) is 3. The summed E-state index contributed by atoms with van der Waals surface area (Å²) in [5.41, 5.74) is 3.65. The number of amides is 2. The Bertz CT molecular complexity index is 1710. The van der Waals surface area contributed by atoms with E-state index in [9.17, 15) is 9.59 Å². The van der Waals surface area contributed by atoms with E-state index < -0.39 is 0 Å². The maximum Gasteiger partial charge on any atom is 0.261 e. The predicted molar refractivity (Wildman–Crippen MR) is 158 cm³/mol. The molecule has 0 fully saturated rings. The minimum Gasteiger partial charge on any atom is -0.494 e. The molecule has 5 aromatic rings. The second-order valence-corrected chi connectivity index (χ2v) is 9.56. The third-order valence-electron chi connectivity index (χ3n) is 7.05. The average molecular weight is 529 g/mol. The van der Waals surface area contributed by atoms with Gasteiger partial charge in [-0.25, -0.2) is 0 Å². The van der Waals surface area contributed by atoms with E-state index in [2.05, 4.69) is 15.5 Å². The monoisotopic (exact) mass is 528 g/mol. The lowest BCUT2D eigenvalue weighted by atomic mass is 9.94. The fourth-order valence-corrected chi connectivity index (χ4v) is 5.16. The Balaban J connectivity index is 1.14. The summed E-state index contributed by atoms with van der Waals surface area (Å²) in [4.78, 5) is 27.7. The number of hydrogen-bond donors (Lipinski definition) is 1. The van der Waals surface area contributed by atoms with Crippen molar-refractivity contribution in [3.63, 3.8) is 0 Å². The number of rotatable bonds is 9. The number of benzene rings is 5. The lowest BCUT2D eigenvalue weighted by Gasteiger charge is -2.27. The molecule has 0 saturated carbocycles. The van der Waals surface area contributed by atoms with E-state index in [-0.39, 0.29) is 11.8 Å². The van der Waals surface area contributed by atoms with Crippen LogP contribution >= 0.6 is 0 Å². The second kappa shape index (κ2) is 11.0. The molecule has 1 aliphatic rings. The Morgan fingerprint density at radius 1 is 0.750 bits per heavy atom. The van der Waals surface area contributed by atoms with Gasteiger partial charge in [-0.15, -0.1) is 5.11 Å². The third kappa shape index (κ3) is 4.78. The maximum atomic E-state index is 13.2. The molecule has 2 amide bonds. The Labute approximate surface area is 232 Å². The van der Waals surface area contributed by atoms with Gasteiger partial charge in [-0.05, 0) is 67.3 Å². The molecule has 1 heterocycles. The van der Waals surface area contributed by atoms with E-state index in [0.29, 0.717) is 37.2 Å². The third-order valence-corrected chi connectivity index (χ3v) is 7.05. The van der Waals surface area contributed by atoms with Crippen molar-refractivity contribution < 1.29 is 14.3 Å². The Morgan fingerprint density at radius 2 is 1.45 bits per heavy atom. The van der Waals surface area contributed by atoms with Gasteiger partial charge < -0.3 is 10.1 Å². The summed E-state index contributed by atoms with van der Waals surface area (Å²) in [5, 5.41) is 16.1. The molecule has 0 atom stereocenters. The molecule has 0 spiro atoms. The van der Waals surface area contributed by atoms with Crippen molar-refractivity contribution >= 4 is 50.4 Å². The highest BCUT2D eigenvalue weighted by molar-refractivity contribution is 6.25. The molecule has 7 heteroatoms. The van der Waals surface area contributed by atoms with Gasteiger partial charge in [0.15, 0.2) is 0 Å². The first-order valence-corrected chi connectivity index (χ1v) is 13.4. The van der Waals surface area contributed by atoms with Crippen LogP contribution in [0.2, 0.25) is 0 Å². The van der Waals surface area contributed by atoms with Gasteiger partial charge in [-0.1, -0.05) is 48.5 Å². The summed E-state index contributed by atoms with van der Waals surface area (Å²) in [7, 11) is 0. The Kier molecular flexibility index (Phi) is 6.93. The zero-order valence-corrected chi connectivity index (χ0v) is 22.1. The van der Waals surface area contributed by atoms with E-state index in [4.69, 9.17) is 4.74 Å². The highest BCUT2D eigenvalue weighted by atomic mass is 16.5. The largest absolute Gasteiger partial charge is 0.494 e. The molecule has 6 rings (SSSR count). The fourth-order valence-electron chi connectivity index (χ4n) is 5.16. The number of imide groups is 1. The summed E-state index contributed by atoms with van der Waals surface area (Å²) >= 11 is 0. The van der Waals surface area contributed by atoms with Crippen LogP contribution in [0.15, 0.2) is 107 Å². The van der Waals surface area contributed by atoms with Crippen molar-refractivity contribution in [2.24, 2.45) is 10.2 Å². The van der Waals surface area contributed by atoms with Gasteiger partial charge >= 0.3 is 0 Å². The van der Waals surface area contributed by atoms with Crippen LogP contribution in [0.5, 0.6) is 5.75 Å². The summed E-state index contributed by atoms with van der Waals surface area (Å²) in [6.45, 7) is 3.50. The van der Waals surface area contributed by atoms with Gasteiger partial charge in [0.05, 0.1) is 18.0 Å². The van der Waals surface area contributed by atoms with Crippen LogP contribution in [0.3, 0.4) is 0 Å². The van der Waals surface area contributed by atoms with E-state index in [1.807, 2.05) is 91.9 Å². The molecule has 0 aromatic heterocycles. The summed E-state index contributed by atoms with van der Waals surface area (Å²) in [6.07, 6.45) is 0.614. The lowest BCUT2D eigenvalue weighted by Crippen LogP contribution is -2.41. The molecule has 0 unspecified atom stereocenters. The number of anilines is 1. The molecule has 7 nitrogen and oxygen atoms in total. The zero-order valence-electron chi connectivity index (χ0n) is 22.1. The average Bonchev–Trinajstić information content (AvgIpc) is 2.99. The van der Waals surface area contributed by atoms with Crippen molar-refractivity contribution in [3.05, 3.63) is 108 Å². The SMILES string of the molecule is CCOc1ccc(N=Nc2ccc(NCCCN3C(=O)c4cccc5cccc(c45)C3=O)c3ccccc23)cc1. The van der Waals surface area contributed by atoms with E-state index in [0.717, 1.165) is 44.4 Å². The Morgan fingerprint density at radius 3 is 2.15 bits per heavy atom. The fraction of sp³-hybridized carbons (Fsp3) is 0.152. The van der Waals surface area contributed by atoms with E-state index in [1.54, 1.807) is 12.1 Å². The molecule has 5 aromatic carbocycles. The van der Waals surface area contributed by atoms with Gasteiger partial charge in [0, 0.05) is 46.1 Å². The number of ether oxygens (including phenoxy) is 1. The molecular weight excluding hydrogens is 500 g/mol. The normalized spacial score (nSPS) is 13.0. The van der Waals surface area contributed by atoms with Crippen molar-refractivity contribution in [2.75, 3.05) is 25.0 Å². The van der Waals surface area contributed by atoms with Crippen LogP contribution in [-0.4, -0.2) is 36.4 Å². The predicted octanol–water partition coefficient (Wildman–Crippen LogP) is 7.91. The van der Waals surface area contributed by atoms with Crippen LogP contribution in [0.1, 0.15) is 34.1 Å². The first-order chi connectivity index (χ1) is 19.6. The van der Waals surface area contributed by atoms with Crippen molar-refractivity contribution in [1.29, 1.82) is 0 Å². The van der Waals surface area contributed by atoms with Gasteiger partial charge in [0.2, 0.25) is 0 Å². The number of nitrogens with one attached hydrogen (secondary N) is 1. The quantitative estimate of drug-likeness (QED) is 0.120. The summed E-state index contributed by atoms with van der Waals surface area (Å²) in [5.74, 6) is 0.336. The minimum atomic E-state index is -0.234. The lowest BCUT2D eigenvalue weighted by molar-refractivity contribution is 0.0610. The first-order valence-electron chi connectivity index (χ1n) is 13.4. The van der Waals surface area contributed by atoms with Crippen molar-refractivity contribution in [3.8, 4) is 5.75 Å². The molecule has 1 N–H and O–H groups in total. The second-order valence-electron chi connectivity index (χ2n) is 9.56. The number of hydrogen-bond acceptors (Lipinski definition) is 6. The Hall–Kier alpha value is -5.04. The molecule has 1 aliphatic heterocycles. The molecule has 40 heavy (non-hydrogen) atoms. The van der Waals surface area contributed by atoms with E-state index in [1.165, 1.54) is 4.90 Å². The van der Waals surface area contributed by atoms with E-state index >= 15 is 0 Å². The molecule has 0 saturated heterocycles. The van der Waals surface area contributed by atoms with Crippen LogP contribution in [0, 0.1) is 0 Å². The molecule has 0 aliphatic carbocycles. The number of azo groups is 1. The van der Waals surface area contributed by atoms with Gasteiger partial charge in [0.25, 0.3) is 11.8 Å². The number of carbonyl (C=O) groups is 2. The van der Waals surface area contributed by atoms with Crippen LogP contribution < -0.4 is 10.1 Å². The maximum absolute atomic E-state index is 13.2. The first kappa shape index (κ1) is 25.2. The molecule has 0 radical (unpaired) electrons. The highest BCUT2D eigenvalue weighted by Gasteiger charge is 2.32. The number of carbonyl (C=O) groups excluding carboxylic acids is 2. The number of fused-ring (bicyclic) bond motifs is 1. The van der Waals surface area contributed by atoms with Crippen molar-refractivity contribution in [1.82, 2.24) is 4.90 Å². The molecular formula is C33H28N4O3. The molecule has 0 bridgehead atoms. The smallest absolute Gasteiger partial charge is 0.261 e. The summed E-state index contributed by atoms with van der Waals surface area (Å²) < 4.78 is 5.49. The standard InChI is InChI=1S/C33H28N4O3/c1-2-40-24-16-14-23(15-17-24)35-36-30-19-18-29(25-10-3-4-11-26(25)30)34-20-7-21-37-32(38)27-12-5-8-22-9-6-13-28(31(22)27)33(37)39/h3-6,8-19,34H,2,7,20-21H2,1H3. The zero-order chi connectivity index (χ0) is 27.5. The van der Waals surface area contributed by atoms with Gasteiger partial charge in [0.1, 0.15) is 5.75 Å². The molecule has 198 valence electrons. The van der Waals surface area contributed by atoms with Crippen LogP contribution in [-0.2, 0) is 0 Å². The minimum absolute atomic E-state index is 0.234. The van der Waals surface area contributed by atoms with Crippen LogP contribution in [0.4, 0.5) is 17.1 Å². The van der Waals surface area contributed by atoms with Gasteiger partial charge in [-0.3, -0.25) is 14.5 Å². The highest BCUT2D eigenvalue weighted by Crippen LogP contribution is 2.33. The van der Waals surface area contributed by atoms with Gasteiger partial charge in [-0.2, -0.15) is 5.11 Å². The van der Waals surface area contributed by atoms with Crippen molar-refractivity contribution in [2.45, 2.75) is 13.3 Å². The van der Waals surface area contributed by atoms with Crippen LogP contribution in [0.25, 0.3) is 21.5 Å². The topological polar surface area (TPSA) is 83.4 Å². The summed E-state index contributed by atoms with van der Waals surface area (Å²) in [6, 6.07) is 30.7.